The first-order valence-corrected chi connectivity index (χ1v) is 6.21. The normalized spacial score (nSPS) is 11.4. The molecule has 1 heteroatoms. The second kappa shape index (κ2) is 5.38. The van der Waals surface area contributed by atoms with Gasteiger partial charge in [0, 0.05) is 0 Å². The van der Waals surface area contributed by atoms with Crippen molar-refractivity contribution >= 4 is 0 Å². The first-order valence-electron chi connectivity index (χ1n) is 6.21. The minimum absolute atomic E-state index is 0.403. The van der Waals surface area contributed by atoms with Gasteiger partial charge in [-0.2, -0.15) is 0 Å². The Morgan fingerprint density at radius 3 is 2.06 bits per heavy atom. The van der Waals surface area contributed by atoms with Crippen molar-refractivity contribution in [1.82, 2.24) is 0 Å². The predicted molar refractivity (Wildman–Crippen MR) is 69.9 cm³/mol. The monoisotopic (exact) mass is 220 g/mol. The lowest BCUT2D eigenvalue weighted by Gasteiger charge is -2.16. The zero-order chi connectivity index (χ0) is 12.3. The van der Waals surface area contributed by atoms with E-state index in [1.807, 2.05) is 12.1 Å². The largest absolute Gasteiger partial charge is 0.508 e. The zero-order valence-corrected chi connectivity index (χ0v) is 11.2. The van der Waals surface area contributed by atoms with Crippen molar-refractivity contribution < 1.29 is 5.11 Å². The molecule has 0 spiro atoms. The highest BCUT2D eigenvalue weighted by molar-refractivity contribution is 5.41. The summed E-state index contributed by atoms with van der Waals surface area (Å²) < 4.78 is 0. The van der Waals surface area contributed by atoms with Crippen LogP contribution >= 0.6 is 0 Å². The molecule has 0 unspecified atom stereocenters. The number of phenolic OH excluding ortho intramolecular Hbond substituents is 1. The van der Waals surface area contributed by atoms with Crippen LogP contribution in [0.2, 0.25) is 0 Å². The van der Waals surface area contributed by atoms with Gasteiger partial charge in [0.1, 0.15) is 5.75 Å². The Morgan fingerprint density at radius 1 is 1.00 bits per heavy atom. The van der Waals surface area contributed by atoms with Crippen molar-refractivity contribution in [3.63, 3.8) is 0 Å². The molecule has 0 radical (unpaired) electrons. The quantitative estimate of drug-likeness (QED) is 0.810. The molecule has 1 rings (SSSR count). The van der Waals surface area contributed by atoms with Crippen LogP contribution < -0.4 is 0 Å². The SMILES string of the molecule is Cc1cc(O)cc(CC(C)C)c1CC(C)C. The van der Waals surface area contributed by atoms with Crippen LogP contribution in [0.4, 0.5) is 0 Å². The van der Waals surface area contributed by atoms with Crippen LogP contribution in [0.15, 0.2) is 12.1 Å². The van der Waals surface area contributed by atoms with Crippen LogP contribution in [0.25, 0.3) is 0 Å². The lowest BCUT2D eigenvalue weighted by atomic mass is 9.89. The Hall–Kier alpha value is -0.980. The first-order chi connectivity index (χ1) is 7.40. The number of benzene rings is 1. The van der Waals surface area contributed by atoms with Gasteiger partial charge in [-0.25, -0.2) is 0 Å². The third-order valence-corrected chi connectivity index (χ3v) is 2.79. The summed E-state index contributed by atoms with van der Waals surface area (Å²) in [6.07, 6.45) is 2.16. The Bertz CT molecular complexity index is 351. The molecule has 0 heterocycles. The fourth-order valence-corrected chi connectivity index (χ4v) is 2.19. The van der Waals surface area contributed by atoms with E-state index < -0.39 is 0 Å². The Balaban J connectivity index is 3.10. The molecule has 0 aliphatic rings. The molecular weight excluding hydrogens is 196 g/mol. The van der Waals surface area contributed by atoms with Crippen LogP contribution in [-0.4, -0.2) is 5.11 Å². The third kappa shape index (κ3) is 3.55. The van der Waals surface area contributed by atoms with Gasteiger partial charge in [-0.15, -0.1) is 0 Å². The summed E-state index contributed by atoms with van der Waals surface area (Å²) in [5.41, 5.74) is 3.98. The van der Waals surface area contributed by atoms with Gasteiger partial charge in [-0.05, 0) is 60.4 Å². The Morgan fingerprint density at radius 2 is 1.56 bits per heavy atom. The number of aromatic hydroxyl groups is 1. The van der Waals surface area contributed by atoms with Crippen molar-refractivity contribution in [1.29, 1.82) is 0 Å². The molecule has 1 nitrogen and oxygen atoms in total. The molecule has 0 saturated heterocycles. The van der Waals surface area contributed by atoms with Crippen molar-refractivity contribution in [2.75, 3.05) is 0 Å². The molecule has 90 valence electrons. The predicted octanol–water partition coefficient (Wildman–Crippen LogP) is 4.10. The number of hydrogen-bond acceptors (Lipinski definition) is 1. The topological polar surface area (TPSA) is 20.2 Å². The number of aryl methyl sites for hydroxylation is 1. The van der Waals surface area contributed by atoms with Gasteiger partial charge in [0.15, 0.2) is 0 Å². The molecule has 0 fully saturated rings. The maximum absolute atomic E-state index is 9.67. The average molecular weight is 220 g/mol. The second-order valence-corrected chi connectivity index (χ2v) is 5.60. The number of phenols is 1. The van der Waals surface area contributed by atoms with E-state index in [-0.39, 0.29) is 0 Å². The van der Waals surface area contributed by atoms with Crippen LogP contribution in [0.3, 0.4) is 0 Å². The van der Waals surface area contributed by atoms with E-state index in [2.05, 4.69) is 34.6 Å². The van der Waals surface area contributed by atoms with Gasteiger partial charge in [0.2, 0.25) is 0 Å². The summed E-state index contributed by atoms with van der Waals surface area (Å²) in [5, 5.41) is 9.67. The molecule has 0 saturated carbocycles. The molecular formula is C15H24O. The number of rotatable bonds is 4. The van der Waals surface area contributed by atoms with Crippen molar-refractivity contribution in [3.8, 4) is 5.75 Å². The minimum Gasteiger partial charge on any atom is -0.508 e. The molecule has 0 aromatic heterocycles. The van der Waals surface area contributed by atoms with Gasteiger partial charge in [-0.1, -0.05) is 27.7 Å². The molecule has 1 N–H and O–H groups in total. The fourth-order valence-electron chi connectivity index (χ4n) is 2.19. The van der Waals surface area contributed by atoms with E-state index in [4.69, 9.17) is 0 Å². The van der Waals surface area contributed by atoms with Crippen LogP contribution in [0.1, 0.15) is 44.4 Å². The van der Waals surface area contributed by atoms with E-state index in [0.717, 1.165) is 12.8 Å². The maximum Gasteiger partial charge on any atom is 0.116 e. The zero-order valence-electron chi connectivity index (χ0n) is 11.2. The summed E-state index contributed by atoms with van der Waals surface area (Å²) >= 11 is 0. The van der Waals surface area contributed by atoms with E-state index in [0.29, 0.717) is 17.6 Å². The van der Waals surface area contributed by atoms with E-state index in [1.165, 1.54) is 16.7 Å². The highest BCUT2D eigenvalue weighted by atomic mass is 16.3. The van der Waals surface area contributed by atoms with Crippen molar-refractivity contribution in [3.05, 3.63) is 28.8 Å². The molecule has 16 heavy (non-hydrogen) atoms. The van der Waals surface area contributed by atoms with Crippen LogP contribution in [0.5, 0.6) is 5.75 Å². The molecule has 0 aliphatic carbocycles. The van der Waals surface area contributed by atoms with Gasteiger partial charge in [0.05, 0.1) is 0 Å². The van der Waals surface area contributed by atoms with Gasteiger partial charge in [-0.3, -0.25) is 0 Å². The Labute approximate surface area is 99.5 Å². The van der Waals surface area contributed by atoms with Crippen LogP contribution in [0, 0.1) is 18.8 Å². The number of hydrogen-bond donors (Lipinski definition) is 1. The Kier molecular flexibility index (Phi) is 4.40. The van der Waals surface area contributed by atoms with Gasteiger partial charge >= 0.3 is 0 Å². The molecule has 0 bridgehead atoms. The molecule has 1 aromatic rings. The van der Waals surface area contributed by atoms with Gasteiger partial charge < -0.3 is 5.11 Å². The second-order valence-electron chi connectivity index (χ2n) is 5.60. The lowest BCUT2D eigenvalue weighted by Crippen LogP contribution is -2.05. The van der Waals surface area contributed by atoms with Crippen LogP contribution in [-0.2, 0) is 12.8 Å². The van der Waals surface area contributed by atoms with Crippen molar-refractivity contribution in [2.45, 2.75) is 47.5 Å². The van der Waals surface area contributed by atoms with E-state index >= 15 is 0 Å². The van der Waals surface area contributed by atoms with Gasteiger partial charge in [0.25, 0.3) is 0 Å². The molecule has 1 aromatic carbocycles. The van der Waals surface area contributed by atoms with Crippen molar-refractivity contribution in [2.24, 2.45) is 11.8 Å². The summed E-state index contributed by atoms with van der Waals surface area (Å²) in [6, 6.07) is 3.81. The molecule has 0 aliphatic heterocycles. The third-order valence-electron chi connectivity index (χ3n) is 2.79. The smallest absolute Gasteiger partial charge is 0.116 e. The highest BCUT2D eigenvalue weighted by Gasteiger charge is 2.11. The first kappa shape index (κ1) is 13.1. The van der Waals surface area contributed by atoms with E-state index in [1.54, 1.807) is 0 Å². The maximum atomic E-state index is 9.67. The standard InChI is InChI=1S/C15H24O/c1-10(2)6-13-9-14(16)8-12(5)15(13)7-11(3)4/h8-11,16H,6-7H2,1-5H3. The highest BCUT2D eigenvalue weighted by Crippen LogP contribution is 2.26. The fraction of sp³-hybridized carbons (Fsp3) is 0.600. The summed E-state index contributed by atoms with van der Waals surface area (Å²) in [5.74, 6) is 1.70. The van der Waals surface area contributed by atoms with E-state index in [9.17, 15) is 5.11 Å². The summed E-state index contributed by atoms with van der Waals surface area (Å²) in [6.45, 7) is 11.0. The molecule has 0 atom stereocenters. The summed E-state index contributed by atoms with van der Waals surface area (Å²) in [4.78, 5) is 0. The average Bonchev–Trinajstić information content (AvgIpc) is 2.09. The summed E-state index contributed by atoms with van der Waals surface area (Å²) in [7, 11) is 0. The minimum atomic E-state index is 0.403. The molecule has 0 amide bonds. The lowest BCUT2D eigenvalue weighted by molar-refractivity contribution is 0.472.